The molecule has 1 aliphatic heterocycles. The van der Waals surface area contributed by atoms with E-state index in [4.69, 9.17) is 26.1 Å². The summed E-state index contributed by atoms with van der Waals surface area (Å²) in [5.41, 5.74) is 2.80. The van der Waals surface area contributed by atoms with Crippen LogP contribution in [0.5, 0.6) is 5.88 Å². The number of hydrogen-bond acceptors (Lipinski definition) is 10. The number of aromatic nitrogens is 6. The molecule has 0 aliphatic carbocycles. The average Bonchev–Trinajstić information content (AvgIpc) is 3.10. The minimum Gasteiger partial charge on any atom is -0.480 e. The third-order valence-electron chi connectivity index (χ3n) is 8.45. The van der Waals surface area contributed by atoms with Crippen molar-refractivity contribution in [1.82, 2.24) is 34.4 Å². The van der Waals surface area contributed by atoms with Crippen LogP contribution in [0.15, 0.2) is 52.2 Å². The molecule has 0 bridgehead atoms. The molecule has 0 amide bonds. The van der Waals surface area contributed by atoms with Crippen LogP contribution in [-0.4, -0.2) is 55.4 Å². The standard InChI is InChI=1S/C33H33ClF2N8O4/c1-17-19(7-6-10-22(17)39-28-25-30(42-29(41-28)27(35)36)43(2)33(46)44(3)32(25)45)20-8-5-9-21(26(20)34)23-15-38-24(31(40-23)47-4)16-37-18-11-13-48-14-12-18/h5-10,15,18,27,37H,11-14,16H2,1-4H3,(H,39,41,42). The van der Waals surface area contributed by atoms with Crippen molar-refractivity contribution in [1.29, 1.82) is 0 Å². The summed E-state index contributed by atoms with van der Waals surface area (Å²) in [4.78, 5) is 42.9. The van der Waals surface area contributed by atoms with Crippen molar-refractivity contribution in [3.05, 3.63) is 85.5 Å². The zero-order valence-corrected chi connectivity index (χ0v) is 27.4. The van der Waals surface area contributed by atoms with Crippen LogP contribution in [0.3, 0.4) is 0 Å². The molecule has 1 aliphatic rings. The van der Waals surface area contributed by atoms with Gasteiger partial charge >= 0.3 is 5.69 Å². The van der Waals surface area contributed by atoms with Crippen LogP contribution in [0, 0.1) is 6.92 Å². The molecule has 2 aromatic carbocycles. The van der Waals surface area contributed by atoms with E-state index in [2.05, 4.69) is 25.6 Å². The van der Waals surface area contributed by atoms with E-state index >= 15 is 0 Å². The molecule has 0 unspecified atom stereocenters. The first-order valence-corrected chi connectivity index (χ1v) is 15.6. The lowest BCUT2D eigenvalue weighted by Crippen LogP contribution is -2.38. The molecule has 0 saturated carbocycles. The van der Waals surface area contributed by atoms with Crippen molar-refractivity contribution in [2.45, 2.75) is 38.8 Å². The molecule has 15 heteroatoms. The highest BCUT2D eigenvalue weighted by molar-refractivity contribution is 6.36. The van der Waals surface area contributed by atoms with Gasteiger partial charge in [0, 0.05) is 56.7 Å². The van der Waals surface area contributed by atoms with Gasteiger partial charge in [0.1, 0.15) is 16.9 Å². The van der Waals surface area contributed by atoms with Crippen LogP contribution in [-0.2, 0) is 25.4 Å². The van der Waals surface area contributed by atoms with Gasteiger partial charge in [0.05, 0.1) is 24.0 Å². The molecule has 12 nitrogen and oxygen atoms in total. The number of anilines is 2. The Morgan fingerprint density at radius 1 is 1.02 bits per heavy atom. The molecule has 0 atom stereocenters. The van der Waals surface area contributed by atoms with Crippen LogP contribution >= 0.6 is 11.6 Å². The second-order valence-corrected chi connectivity index (χ2v) is 11.8. The summed E-state index contributed by atoms with van der Waals surface area (Å²) in [6, 6.07) is 11.2. The monoisotopic (exact) mass is 678 g/mol. The lowest BCUT2D eigenvalue weighted by molar-refractivity contribution is 0.0774. The molecular formula is C33H33ClF2N8O4. The summed E-state index contributed by atoms with van der Waals surface area (Å²) >= 11 is 7.03. The number of benzene rings is 2. The number of nitrogens with one attached hydrogen (secondary N) is 2. The van der Waals surface area contributed by atoms with E-state index in [1.54, 1.807) is 25.4 Å². The molecular weight excluding hydrogens is 646 g/mol. The number of aryl methyl sites for hydroxylation is 1. The molecule has 3 aromatic heterocycles. The number of hydrogen-bond donors (Lipinski definition) is 2. The number of ether oxygens (including phenoxy) is 2. The maximum absolute atomic E-state index is 13.8. The van der Waals surface area contributed by atoms with Gasteiger partial charge in [-0.15, -0.1) is 0 Å². The van der Waals surface area contributed by atoms with Crippen LogP contribution in [0.25, 0.3) is 33.4 Å². The molecule has 48 heavy (non-hydrogen) atoms. The SMILES string of the molecule is COc1nc(-c2cccc(-c3cccc(Nc4nc(C(F)F)nc5c4c(=O)n(C)c(=O)n5C)c3C)c2Cl)cnc1CNC1CCOCC1. The van der Waals surface area contributed by atoms with Gasteiger partial charge in [-0.3, -0.25) is 18.9 Å². The van der Waals surface area contributed by atoms with Gasteiger partial charge < -0.3 is 20.1 Å². The highest BCUT2D eigenvalue weighted by Crippen LogP contribution is 2.39. The Balaban J connectivity index is 1.36. The highest BCUT2D eigenvalue weighted by atomic mass is 35.5. The molecule has 1 saturated heterocycles. The number of methoxy groups -OCH3 is 1. The summed E-state index contributed by atoms with van der Waals surface area (Å²) in [6.07, 6.45) is 0.479. The zero-order valence-electron chi connectivity index (χ0n) is 26.7. The van der Waals surface area contributed by atoms with Crippen molar-refractivity contribution in [3.8, 4) is 28.3 Å². The van der Waals surface area contributed by atoms with Crippen LogP contribution < -0.4 is 26.6 Å². The van der Waals surface area contributed by atoms with Crippen LogP contribution in [0.1, 0.15) is 36.3 Å². The fourth-order valence-corrected chi connectivity index (χ4v) is 6.07. The molecule has 0 spiro atoms. The topological polar surface area (TPSA) is 138 Å². The predicted octanol–water partition coefficient (Wildman–Crippen LogP) is 5.07. The van der Waals surface area contributed by atoms with Crippen LogP contribution in [0.4, 0.5) is 20.3 Å². The van der Waals surface area contributed by atoms with E-state index in [-0.39, 0.29) is 16.9 Å². The molecule has 250 valence electrons. The number of alkyl halides is 2. The molecule has 6 rings (SSSR count). The minimum absolute atomic E-state index is 0.104. The second kappa shape index (κ2) is 13.7. The Morgan fingerprint density at radius 3 is 2.46 bits per heavy atom. The molecule has 0 radical (unpaired) electrons. The summed E-state index contributed by atoms with van der Waals surface area (Å²) in [6.45, 7) is 3.78. The fraction of sp³-hybridized carbons (Fsp3) is 0.333. The fourth-order valence-electron chi connectivity index (χ4n) is 5.75. The lowest BCUT2D eigenvalue weighted by Gasteiger charge is -2.23. The maximum Gasteiger partial charge on any atom is 0.332 e. The Bertz CT molecular complexity index is 2130. The van der Waals surface area contributed by atoms with E-state index < -0.39 is 23.5 Å². The second-order valence-electron chi connectivity index (χ2n) is 11.4. The lowest BCUT2D eigenvalue weighted by atomic mass is 9.96. The van der Waals surface area contributed by atoms with Crippen molar-refractivity contribution in [2.75, 3.05) is 25.6 Å². The van der Waals surface area contributed by atoms with Gasteiger partial charge in [-0.2, -0.15) is 0 Å². The molecule has 4 heterocycles. The van der Waals surface area contributed by atoms with E-state index in [1.807, 2.05) is 31.2 Å². The van der Waals surface area contributed by atoms with E-state index in [1.165, 1.54) is 14.1 Å². The quantitative estimate of drug-likeness (QED) is 0.217. The van der Waals surface area contributed by atoms with Crippen molar-refractivity contribution < 1.29 is 18.3 Å². The Morgan fingerprint density at radius 2 is 1.73 bits per heavy atom. The first-order chi connectivity index (χ1) is 23.1. The predicted molar refractivity (Wildman–Crippen MR) is 178 cm³/mol. The normalized spacial score (nSPS) is 13.8. The third-order valence-corrected chi connectivity index (χ3v) is 8.86. The third kappa shape index (κ3) is 6.25. The largest absolute Gasteiger partial charge is 0.480 e. The van der Waals surface area contributed by atoms with Gasteiger partial charge in [0.15, 0.2) is 11.5 Å². The summed E-state index contributed by atoms with van der Waals surface area (Å²) < 4.78 is 40.6. The number of rotatable bonds is 9. The number of fused-ring (bicyclic) bond motifs is 1. The Labute approximate surface area is 278 Å². The van der Waals surface area contributed by atoms with Crippen molar-refractivity contribution in [2.24, 2.45) is 14.1 Å². The first kappa shape index (κ1) is 33.1. The molecule has 2 N–H and O–H groups in total. The van der Waals surface area contributed by atoms with Gasteiger partial charge in [-0.1, -0.05) is 41.9 Å². The highest BCUT2D eigenvalue weighted by Gasteiger charge is 2.23. The van der Waals surface area contributed by atoms with E-state index in [9.17, 15) is 18.4 Å². The van der Waals surface area contributed by atoms with Gasteiger partial charge in [0.25, 0.3) is 12.0 Å². The summed E-state index contributed by atoms with van der Waals surface area (Å²) in [7, 11) is 4.20. The smallest absolute Gasteiger partial charge is 0.332 e. The van der Waals surface area contributed by atoms with Crippen LogP contribution in [0.2, 0.25) is 5.02 Å². The Hall–Kier alpha value is -4.79. The van der Waals surface area contributed by atoms with Gasteiger partial charge in [0.2, 0.25) is 5.88 Å². The van der Waals surface area contributed by atoms with E-state index in [0.29, 0.717) is 57.3 Å². The minimum atomic E-state index is -3.04. The first-order valence-electron chi connectivity index (χ1n) is 15.2. The average molecular weight is 679 g/mol. The van der Waals surface area contributed by atoms with Gasteiger partial charge in [-0.25, -0.2) is 28.5 Å². The van der Waals surface area contributed by atoms with Gasteiger partial charge in [-0.05, 0) is 37.0 Å². The van der Waals surface area contributed by atoms with E-state index in [0.717, 1.165) is 40.8 Å². The maximum atomic E-state index is 13.8. The van der Waals surface area contributed by atoms with Crippen molar-refractivity contribution in [3.63, 3.8) is 0 Å². The van der Waals surface area contributed by atoms with Crippen molar-refractivity contribution >= 4 is 34.1 Å². The Kier molecular flexibility index (Phi) is 9.49. The number of nitrogens with zero attached hydrogens (tertiary/aromatic N) is 6. The number of halogens is 3. The summed E-state index contributed by atoms with van der Waals surface area (Å²) in [5, 5.41) is 6.86. The molecule has 5 aromatic rings. The molecule has 1 fully saturated rings. The summed E-state index contributed by atoms with van der Waals surface area (Å²) in [5.74, 6) is -0.583. The zero-order chi connectivity index (χ0) is 34.1.